The summed E-state index contributed by atoms with van der Waals surface area (Å²) in [5.74, 6) is 0. The van der Waals surface area contributed by atoms with Crippen molar-refractivity contribution in [3.05, 3.63) is 33.9 Å². The third-order valence-electron chi connectivity index (χ3n) is 1.67. The number of nitrogen functional groups attached to an aromatic ring is 1. The Bertz CT molecular complexity index is 328. The minimum Gasteiger partial charge on any atom is -0.393 e. The van der Waals surface area contributed by atoms with Crippen LogP contribution in [-0.4, -0.2) is 11.6 Å². The Morgan fingerprint density at radius 3 is 2.69 bits per heavy atom. The molecule has 0 spiro atoms. The summed E-state index contributed by atoms with van der Waals surface area (Å²) in [6.45, 7) is -0.489. The lowest BCUT2D eigenvalue weighted by Crippen LogP contribution is -1.97. The summed E-state index contributed by atoms with van der Waals surface area (Å²) < 4.78 is 11.9. The normalized spacial score (nSPS) is 9.92. The second kappa shape index (κ2) is 3.84. The van der Waals surface area contributed by atoms with E-state index in [1.165, 1.54) is 18.2 Å². The minimum atomic E-state index is -0.561. The number of anilines is 1. The quantitative estimate of drug-likeness (QED) is 0.441. The van der Waals surface area contributed by atoms with Crippen molar-refractivity contribution in [2.45, 2.75) is 6.42 Å². The number of nitrogens with zero attached hydrogens (tertiary/aromatic N) is 1. The van der Waals surface area contributed by atoms with Crippen molar-refractivity contribution in [2.24, 2.45) is 0 Å². The van der Waals surface area contributed by atoms with E-state index in [0.29, 0.717) is 5.56 Å². The van der Waals surface area contributed by atoms with E-state index in [1.54, 1.807) is 0 Å². The van der Waals surface area contributed by atoms with Crippen molar-refractivity contribution in [1.82, 2.24) is 0 Å². The molecule has 70 valence electrons. The predicted molar refractivity (Wildman–Crippen MR) is 47.2 cm³/mol. The first-order valence-electron chi connectivity index (χ1n) is 3.74. The summed E-state index contributed by atoms with van der Waals surface area (Å²) in [4.78, 5) is 9.78. The summed E-state index contributed by atoms with van der Waals surface area (Å²) in [5, 5.41) is 10.3. The van der Waals surface area contributed by atoms with Gasteiger partial charge in [-0.15, -0.1) is 0 Å². The molecule has 0 unspecified atom stereocenters. The molecular formula is C8H9FN2O2. The van der Waals surface area contributed by atoms with Crippen LogP contribution in [-0.2, 0) is 6.42 Å². The number of nitrogens with two attached hydrogens (primary N) is 1. The molecule has 13 heavy (non-hydrogen) atoms. The summed E-state index contributed by atoms with van der Waals surface area (Å²) in [6.07, 6.45) is 0.238. The highest BCUT2D eigenvalue weighted by atomic mass is 19.1. The first-order chi connectivity index (χ1) is 6.15. The van der Waals surface area contributed by atoms with Crippen LogP contribution in [0.5, 0.6) is 0 Å². The maximum atomic E-state index is 11.9. The largest absolute Gasteiger partial charge is 0.393 e. The molecule has 4 nitrogen and oxygen atoms in total. The molecule has 0 atom stereocenters. The highest BCUT2D eigenvalue weighted by Crippen LogP contribution is 2.22. The van der Waals surface area contributed by atoms with Gasteiger partial charge < -0.3 is 5.73 Å². The Balaban J connectivity index is 2.98. The molecule has 0 saturated carbocycles. The third-order valence-corrected chi connectivity index (χ3v) is 1.67. The third kappa shape index (κ3) is 2.14. The second-order valence-corrected chi connectivity index (χ2v) is 2.59. The van der Waals surface area contributed by atoms with Gasteiger partial charge in [-0.1, -0.05) is 6.07 Å². The van der Waals surface area contributed by atoms with Crippen LogP contribution in [0.2, 0.25) is 0 Å². The maximum Gasteiger partial charge on any atom is 0.292 e. The fraction of sp³-hybridized carbons (Fsp3) is 0.250. The van der Waals surface area contributed by atoms with E-state index in [4.69, 9.17) is 5.73 Å². The van der Waals surface area contributed by atoms with Gasteiger partial charge in [0.05, 0.1) is 11.6 Å². The molecule has 0 aliphatic carbocycles. The number of hydrogen-bond acceptors (Lipinski definition) is 3. The number of hydrogen-bond donors (Lipinski definition) is 1. The number of benzene rings is 1. The summed E-state index contributed by atoms with van der Waals surface area (Å²) >= 11 is 0. The van der Waals surface area contributed by atoms with Crippen molar-refractivity contribution in [1.29, 1.82) is 0 Å². The van der Waals surface area contributed by atoms with E-state index < -0.39 is 11.6 Å². The van der Waals surface area contributed by atoms with Crippen LogP contribution in [0.15, 0.2) is 18.2 Å². The molecule has 1 aromatic rings. The van der Waals surface area contributed by atoms with Crippen LogP contribution in [0.4, 0.5) is 15.8 Å². The van der Waals surface area contributed by atoms with Crippen LogP contribution < -0.4 is 5.73 Å². The average molecular weight is 184 g/mol. The van der Waals surface area contributed by atoms with Crippen LogP contribution in [0, 0.1) is 10.1 Å². The van der Waals surface area contributed by atoms with Gasteiger partial charge in [0.2, 0.25) is 0 Å². The lowest BCUT2D eigenvalue weighted by Gasteiger charge is -2.00. The van der Waals surface area contributed by atoms with Gasteiger partial charge in [-0.3, -0.25) is 14.5 Å². The van der Waals surface area contributed by atoms with Crippen molar-refractivity contribution >= 4 is 11.4 Å². The fourth-order valence-electron chi connectivity index (χ4n) is 1.03. The molecule has 0 aliphatic heterocycles. The van der Waals surface area contributed by atoms with Crippen molar-refractivity contribution < 1.29 is 9.31 Å². The maximum absolute atomic E-state index is 11.9. The SMILES string of the molecule is Nc1cc(CCF)ccc1[N+](=O)[O-]. The molecule has 1 rings (SSSR count). The molecule has 2 N–H and O–H groups in total. The van der Waals surface area contributed by atoms with E-state index in [2.05, 4.69) is 0 Å². The number of halogens is 1. The Morgan fingerprint density at radius 2 is 2.23 bits per heavy atom. The Kier molecular flexibility index (Phi) is 2.79. The van der Waals surface area contributed by atoms with Crippen LogP contribution >= 0.6 is 0 Å². The van der Waals surface area contributed by atoms with E-state index >= 15 is 0 Å². The number of alkyl halides is 1. The minimum absolute atomic E-state index is 0.0796. The highest BCUT2D eigenvalue weighted by molar-refractivity contribution is 5.59. The Labute approximate surface area is 74.3 Å². The van der Waals surface area contributed by atoms with Crippen molar-refractivity contribution in [3.8, 4) is 0 Å². The smallest absolute Gasteiger partial charge is 0.292 e. The highest BCUT2D eigenvalue weighted by Gasteiger charge is 2.10. The average Bonchev–Trinajstić information content (AvgIpc) is 2.04. The Hall–Kier alpha value is -1.65. The van der Waals surface area contributed by atoms with Gasteiger partial charge in [0, 0.05) is 12.5 Å². The molecule has 0 bridgehead atoms. The first kappa shape index (κ1) is 9.44. The molecule has 0 radical (unpaired) electrons. The van der Waals surface area contributed by atoms with Crippen LogP contribution in [0.25, 0.3) is 0 Å². The lowest BCUT2D eigenvalue weighted by atomic mass is 10.1. The molecule has 0 aliphatic rings. The number of nitro groups is 1. The molecule has 0 saturated heterocycles. The summed E-state index contributed by atoms with van der Waals surface area (Å²) in [5.41, 5.74) is 6.00. The standard InChI is InChI=1S/C8H9FN2O2/c9-4-3-6-1-2-8(11(12)13)7(10)5-6/h1-2,5H,3-4,10H2. The van der Waals surface area contributed by atoms with E-state index in [-0.39, 0.29) is 17.8 Å². The van der Waals surface area contributed by atoms with Gasteiger partial charge in [0.25, 0.3) is 5.69 Å². The molecule has 0 aromatic heterocycles. The lowest BCUT2D eigenvalue weighted by molar-refractivity contribution is -0.383. The van der Waals surface area contributed by atoms with Gasteiger partial charge in [-0.05, 0) is 11.6 Å². The van der Waals surface area contributed by atoms with Crippen molar-refractivity contribution in [3.63, 3.8) is 0 Å². The Morgan fingerprint density at radius 1 is 1.54 bits per heavy atom. The van der Waals surface area contributed by atoms with Gasteiger partial charge in [0.15, 0.2) is 0 Å². The van der Waals surface area contributed by atoms with E-state index in [9.17, 15) is 14.5 Å². The monoisotopic (exact) mass is 184 g/mol. The molecule has 0 fully saturated rings. The molecule has 0 amide bonds. The second-order valence-electron chi connectivity index (χ2n) is 2.59. The summed E-state index contributed by atoms with van der Waals surface area (Å²) in [6, 6.07) is 4.23. The fourth-order valence-corrected chi connectivity index (χ4v) is 1.03. The topological polar surface area (TPSA) is 69.2 Å². The number of nitro benzene ring substituents is 1. The molecule has 1 aromatic carbocycles. The van der Waals surface area contributed by atoms with Crippen LogP contribution in [0.3, 0.4) is 0 Å². The molecule has 0 heterocycles. The van der Waals surface area contributed by atoms with Gasteiger partial charge in [0.1, 0.15) is 5.69 Å². The number of aryl methyl sites for hydroxylation is 1. The van der Waals surface area contributed by atoms with Gasteiger partial charge in [-0.25, -0.2) is 0 Å². The zero-order chi connectivity index (χ0) is 9.84. The first-order valence-corrected chi connectivity index (χ1v) is 3.74. The van der Waals surface area contributed by atoms with E-state index in [1.807, 2.05) is 0 Å². The molecule has 5 heteroatoms. The van der Waals surface area contributed by atoms with E-state index in [0.717, 1.165) is 0 Å². The zero-order valence-corrected chi connectivity index (χ0v) is 6.87. The number of rotatable bonds is 3. The molecular weight excluding hydrogens is 175 g/mol. The van der Waals surface area contributed by atoms with Crippen LogP contribution in [0.1, 0.15) is 5.56 Å². The predicted octanol–water partition coefficient (Wildman–Crippen LogP) is 1.69. The van der Waals surface area contributed by atoms with Gasteiger partial charge >= 0.3 is 0 Å². The summed E-state index contributed by atoms with van der Waals surface area (Å²) in [7, 11) is 0. The van der Waals surface area contributed by atoms with Gasteiger partial charge in [-0.2, -0.15) is 0 Å². The zero-order valence-electron chi connectivity index (χ0n) is 6.87. The van der Waals surface area contributed by atoms with Crippen molar-refractivity contribution in [2.75, 3.05) is 12.4 Å².